The summed E-state index contributed by atoms with van der Waals surface area (Å²) in [6.07, 6.45) is 3.20. The third-order valence-corrected chi connectivity index (χ3v) is 3.03. The fraction of sp³-hybridized carbons (Fsp3) is 0.727. The number of hydrogen-bond donors (Lipinski definition) is 1. The molecule has 2 N–H and O–H groups in total. The zero-order valence-electron chi connectivity index (χ0n) is 9.25. The van der Waals surface area contributed by atoms with Gasteiger partial charge < -0.3 is 5.73 Å². The molecule has 0 aliphatic heterocycles. The van der Waals surface area contributed by atoms with E-state index in [9.17, 15) is 0 Å². The Morgan fingerprint density at radius 2 is 2.21 bits per heavy atom. The molecule has 0 amide bonds. The Morgan fingerprint density at radius 3 is 2.86 bits per heavy atom. The van der Waals surface area contributed by atoms with E-state index in [4.69, 9.17) is 5.73 Å². The van der Waals surface area contributed by atoms with Crippen molar-refractivity contribution in [1.82, 2.24) is 9.78 Å². The van der Waals surface area contributed by atoms with Crippen LogP contribution in [0.3, 0.4) is 0 Å². The van der Waals surface area contributed by atoms with E-state index in [-0.39, 0.29) is 0 Å². The van der Waals surface area contributed by atoms with Gasteiger partial charge in [0.1, 0.15) is 0 Å². The first-order valence-electron chi connectivity index (χ1n) is 5.42. The van der Waals surface area contributed by atoms with Crippen LogP contribution >= 0.6 is 0 Å². The van der Waals surface area contributed by atoms with Crippen molar-refractivity contribution in [2.45, 2.75) is 52.1 Å². The summed E-state index contributed by atoms with van der Waals surface area (Å²) in [6.45, 7) is 6.46. The van der Waals surface area contributed by atoms with E-state index in [0.717, 1.165) is 19.3 Å². The molecule has 3 nitrogen and oxygen atoms in total. The first-order chi connectivity index (χ1) is 6.59. The number of nitrogens with zero attached hydrogens (tertiary/aromatic N) is 2. The second kappa shape index (κ2) is 3.39. The number of aryl methyl sites for hydroxylation is 1. The molecule has 0 radical (unpaired) electrons. The van der Waals surface area contributed by atoms with Crippen LogP contribution in [0.1, 0.15) is 43.3 Å². The van der Waals surface area contributed by atoms with Crippen LogP contribution in [0.4, 0.5) is 0 Å². The third kappa shape index (κ3) is 1.46. The van der Waals surface area contributed by atoms with Crippen LogP contribution in [-0.2, 0) is 12.8 Å². The lowest BCUT2D eigenvalue weighted by atomic mass is 9.92. The molecule has 1 aliphatic carbocycles. The van der Waals surface area contributed by atoms with E-state index >= 15 is 0 Å². The molecule has 78 valence electrons. The maximum absolute atomic E-state index is 5.97. The molecule has 1 aliphatic rings. The summed E-state index contributed by atoms with van der Waals surface area (Å²) in [4.78, 5) is 0. The van der Waals surface area contributed by atoms with Gasteiger partial charge in [0.15, 0.2) is 0 Å². The van der Waals surface area contributed by atoms with Gasteiger partial charge in [-0.1, -0.05) is 0 Å². The van der Waals surface area contributed by atoms with Crippen LogP contribution in [0.25, 0.3) is 0 Å². The van der Waals surface area contributed by atoms with Gasteiger partial charge in [0.25, 0.3) is 0 Å². The lowest BCUT2D eigenvalue weighted by Crippen LogP contribution is -2.28. The minimum atomic E-state index is 0.339. The second-order valence-corrected chi connectivity index (χ2v) is 4.55. The minimum absolute atomic E-state index is 0.339. The summed E-state index contributed by atoms with van der Waals surface area (Å²) in [7, 11) is 0. The van der Waals surface area contributed by atoms with Crippen molar-refractivity contribution in [1.29, 1.82) is 0 Å². The zero-order valence-corrected chi connectivity index (χ0v) is 9.25. The predicted octanol–water partition coefficient (Wildman–Crippen LogP) is 1.59. The van der Waals surface area contributed by atoms with E-state index < -0.39 is 0 Å². The molecular formula is C11H19N3. The smallest absolute Gasteiger partial charge is 0.0629 e. The van der Waals surface area contributed by atoms with Crippen molar-refractivity contribution in [3.05, 3.63) is 17.0 Å². The Bertz CT molecular complexity index is 339. The summed E-state index contributed by atoms with van der Waals surface area (Å²) in [5, 5.41) is 4.59. The maximum Gasteiger partial charge on any atom is 0.0629 e. The van der Waals surface area contributed by atoms with Crippen molar-refractivity contribution >= 4 is 0 Å². The number of nitrogens with two attached hydrogens (primary N) is 1. The predicted molar refractivity (Wildman–Crippen MR) is 57.3 cm³/mol. The maximum atomic E-state index is 5.97. The molecule has 0 spiro atoms. The molecule has 3 heteroatoms. The highest BCUT2D eigenvalue weighted by Crippen LogP contribution is 2.25. The molecule has 0 fully saturated rings. The highest BCUT2D eigenvalue weighted by molar-refractivity contribution is 5.29. The van der Waals surface area contributed by atoms with Crippen LogP contribution < -0.4 is 5.73 Å². The molecule has 1 unspecified atom stereocenters. The molecule has 2 rings (SSSR count). The highest BCUT2D eigenvalue weighted by atomic mass is 15.3. The van der Waals surface area contributed by atoms with Gasteiger partial charge in [-0.25, -0.2) is 0 Å². The summed E-state index contributed by atoms with van der Waals surface area (Å²) >= 11 is 0. The van der Waals surface area contributed by atoms with Crippen molar-refractivity contribution in [3.8, 4) is 0 Å². The number of rotatable bonds is 1. The molecule has 1 atom stereocenters. The fourth-order valence-corrected chi connectivity index (χ4v) is 2.27. The van der Waals surface area contributed by atoms with Gasteiger partial charge in [0.2, 0.25) is 0 Å². The van der Waals surface area contributed by atoms with Gasteiger partial charge in [-0.2, -0.15) is 5.10 Å². The van der Waals surface area contributed by atoms with Gasteiger partial charge in [-0.05, 0) is 45.6 Å². The molecule has 1 heterocycles. The van der Waals surface area contributed by atoms with Crippen LogP contribution in [0.5, 0.6) is 0 Å². The van der Waals surface area contributed by atoms with Crippen LogP contribution in [-0.4, -0.2) is 15.8 Å². The first kappa shape index (κ1) is 9.71. The SMILES string of the molecule is Cc1nn(C(C)C)c2c1CC(N)CC2. The van der Waals surface area contributed by atoms with E-state index in [1.54, 1.807) is 0 Å². The quantitative estimate of drug-likeness (QED) is 0.736. The molecule has 0 saturated carbocycles. The normalized spacial score (nSPS) is 21.4. The highest BCUT2D eigenvalue weighted by Gasteiger charge is 2.23. The zero-order chi connectivity index (χ0) is 10.3. The first-order valence-corrected chi connectivity index (χ1v) is 5.42. The topological polar surface area (TPSA) is 43.8 Å². The second-order valence-electron chi connectivity index (χ2n) is 4.55. The van der Waals surface area contributed by atoms with Gasteiger partial charge in [-0.3, -0.25) is 4.68 Å². The average molecular weight is 193 g/mol. The third-order valence-electron chi connectivity index (χ3n) is 3.03. The van der Waals surface area contributed by atoms with E-state index in [1.165, 1.54) is 17.0 Å². The van der Waals surface area contributed by atoms with Gasteiger partial charge in [-0.15, -0.1) is 0 Å². The summed E-state index contributed by atoms with van der Waals surface area (Å²) in [6, 6.07) is 0.804. The molecule has 0 bridgehead atoms. The molecule has 0 saturated heterocycles. The number of hydrogen-bond acceptors (Lipinski definition) is 2. The summed E-state index contributed by atoms with van der Waals surface area (Å²) in [5.74, 6) is 0. The molecular weight excluding hydrogens is 174 g/mol. The van der Waals surface area contributed by atoms with E-state index in [1.807, 2.05) is 0 Å². The van der Waals surface area contributed by atoms with Gasteiger partial charge in [0.05, 0.1) is 5.69 Å². The van der Waals surface area contributed by atoms with Crippen molar-refractivity contribution < 1.29 is 0 Å². The Hall–Kier alpha value is -0.830. The number of fused-ring (bicyclic) bond motifs is 1. The van der Waals surface area contributed by atoms with Crippen LogP contribution in [0.15, 0.2) is 0 Å². The van der Waals surface area contributed by atoms with Crippen LogP contribution in [0.2, 0.25) is 0 Å². The Balaban J connectivity index is 2.44. The Kier molecular flexibility index (Phi) is 2.35. The minimum Gasteiger partial charge on any atom is -0.327 e. The Morgan fingerprint density at radius 1 is 1.50 bits per heavy atom. The lowest BCUT2D eigenvalue weighted by Gasteiger charge is -2.20. The number of aromatic nitrogens is 2. The molecule has 0 aromatic carbocycles. The van der Waals surface area contributed by atoms with Crippen molar-refractivity contribution in [3.63, 3.8) is 0 Å². The lowest BCUT2D eigenvalue weighted by molar-refractivity contribution is 0.480. The molecule has 1 aromatic heterocycles. The molecule has 14 heavy (non-hydrogen) atoms. The largest absolute Gasteiger partial charge is 0.327 e. The standard InChI is InChI=1S/C11H19N3/c1-7(2)14-11-5-4-9(12)6-10(11)8(3)13-14/h7,9H,4-6,12H2,1-3H3. The van der Waals surface area contributed by atoms with Crippen molar-refractivity contribution in [2.75, 3.05) is 0 Å². The summed E-state index contributed by atoms with van der Waals surface area (Å²) < 4.78 is 2.16. The monoisotopic (exact) mass is 193 g/mol. The van der Waals surface area contributed by atoms with Crippen LogP contribution in [0, 0.1) is 6.92 Å². The van der Waals surface area contributed by atoms with Gasteiger partial charge >= 0.3 is 0 Å². The Labute approximate surface area is 85.3 Å². The van der Waals surface area contributed by atoms with Gasteiger partial charge in [0, 0.05) is 17.8 Å². The average Bonchev–Trinajstić information content (AvgIpc) is 2.44. The van der Waals surface area contributed by atoms with E-state index in [0.29, 0.717) is 12.1 Å². The van der Waals surface area contributed by atoms with Crippen molar-refractivity contribution in [2.24, 2.45) is 5.73 Å². The molecule has 1 aromatic rings. The fourth-order valence-electron chi connectivity index (χ4n) is 2.27. The van der Waals surface area contributed by atoms with E-state index in [2.05, 4.69) is 30.6 Å². The summed E-state index contributed by atoms with van der Waals surface area (Å²) in [5.41, 5.74) is 9.95.